The Labute approximate surface area is 112 Å². The van der Waals surface area contributed by atoms with E-state index >= 15 is 0 Å². The minimum Gasteiger partial charge on any atom is -0.450 e. The van der Waals surface area contributed by atoms with Crippen LogP contribution < -0.4 is 15.1 Å². The number of nitrogens with zero attached hydrogens (tertiary/aromatic N) is 3. The van der Waals surface area contributed by atoms with Crippen molar-refractivity contribution in [1.29, 1.82) is 0 Å². The van der Waals surface area contributed by atoms with Crippen molar-refractivity contribution in [2.24, 2.45) is 0 Å². The van der Waals surface area contributed by atoms with Crippen molar-refractivity contribution in [3.63, 3.8) is 0 Å². The average molecular weight is 322 g/mol. The third-order valence-corrected chi connectivity index (χ3v) is 3.00. The highest BCUT2D eigenvalue weighted by Crippen LogP contribution is 2.17. The predicted octanol–water partition coefficient (Wildman–Crippen LogP) is 0.261. The number of anilines is 1. The number of hydrogen-bond acceptors (Lipinski definition) is 6. The summed E-state index contributed by atoms with van der Waals surface area (Å²) in [5.74, 6) is 0.208. The van der Waals surface area contributed by atoms with Crippen LogP contribution in [0.5, 0.6) is 0 Å². The predicted molar refractivity (Wildman–Crippen MR) is 63.8 cm³/mol. The Morgan fingerprint density at radius 3 is 3.00 bits per heavy atom. The number of hydrogen-bond donors (Lipinski definition) is 1. The highest BCUT2D eigenvalue weighted by atomic mass is 79.9. The van der Waals surface area contributed by atoms with E-state index in [9.17, 15) is 4.79 Å². The van der Waals surface area contributed by atoms with Crippen LogP contribution in [0, 0.1) is 0 Å². The summed E-state index contributed by atoms with van der Waals surface area (Å²) in [5, 5.41) is 8.24. The Hall–Kier alpha value is -1.35. The summed E-state index contributed by atoms with van der Waals surface area (Å²) in [5.41, 5.74) is 0. The fraction of sp³-hybridized carbons (Fsp3) is 0.667. The van der Waals surface area contributed by atoms with Gasteiger partial charge in [-0.05, 0) is 6.92 Å². The fourth-order valence-electron chi connectivity index (χ4n) is 1.50. The summed E-state index contributed by atoms with van der Waals surface area (Å²) in [6.45, 7) is 4.69. The second kappa shape index (κ2) is 6.01. The molecule has 1 saturated heterocycles. The summed E-state index contributed by atoms with van der Waals surface area (Å²) >= 11 is 3.32. The second-order valence-corrected chi connectivity index (χ2v) is 4.24. The summed E-state index contributed by atoms with van der Waals surface area (Å²) in [7, 11) is 0. The number of rotatable bonds is 3. The number of nitrogens with one attached hydrogen (secondary N) is 1. The van der Waals surface area contributed by atoms with Crippen molar-refractivity contribution in [3.05, 3.63) is 4.60 Å². The standard InChI is InChI=1S/C9H13BrN4O4/c1-2-17-9(15)11-8-7(10)14(12-18-8)13-3-5-16-6-4-13/h2-6H2,1H3/p+1. The molecule has 0 saturated carbocycles. The highest BCUT2D eigenvalue weighted by molar-refractivity contribution is 9.10. The van der Waals surface area contributed by atoms with Gasteiger partial charge in [0.25, 0.3) is 0 Å². The smallest absolute Gasteiger partial charge is 0.414 e. The maximum absolute atomic E-state index is 11.3. The van der Waals surface area contributed by atoms with Gasteiger partial charge in [0.15, 0.2) is 0 Å². The molecule has 0 bridgehead atoms. The lowest BCUT2D eigenvalue weighted by Gasteiger charge is -2.18. The largest absolute Gasteiger partial charge is 0.450 e. The zero-order chi connectivity index (χ0) is 13.0. The number of carbonyl (C=O) groups excluding carboxylic acids is 1. The van der Waals surface area contributed by atoms with E-state index < -0.39 is 6.09 Å². The molecule has 2 heterocycles. The van der Waals surface area contributed by atoms with E-state index in [-0.39, 0.29) is 5.88 Å². The third kappa shape index (κ3) is 2.91. The number of morpholine rings is 1. The van der Waals surface area contributed by atoms with Crippen molar-refractivity contribution >= 4 is 27.9 Å². The maximum Gasteiger partial charge on any atom is 0.414 e. The number of ether oxygens (including phenoxy) is 2. The molecule has 0 unspecified atom stereocenters. The molecule has 1 N–H and O–H groups in total. The van der Waals surface area contributed by atoms with Crippen LogP contribution >= 0.6 is 15.9 Å². The Balaban J connectivity index is 2.05. The van der Waals surface area contributed by atoms with Crippen LogP contribution in [0.15, 0.2) is 9.13 Å². The van der Waals surface area contributed by atoms with E-state index in [1.807, 2.05) is 5.01 Å². The summed E-state index contributed by atoms with van der Waals surface area (Å²) < 4.78 is 15.6. The third-order valence-electron chi connectivity index (χ3n) is 2.32. The molecule has 1 aliphatic heterocycles. The molecule has 0 atom stereocenters. The van der Waals surface area contributed by atoms with E-state index in [0.717, 1.165) is 0 Å². The molecule has 0 radical (unpaired) electrons. The van der Waals surface area contributed by atoms with Gasteiger partial charge in [-0.25, -0.2) is 4.79 Å². The SMILES string of the molecule is CCOC(=O)Nc1on[n+](N2CCOCC2)c1Br. The van der Waals surface area contributed by atoms with Gasteiger partial charge in [0, 0.05) is 15.9 Å². The Morgan fingerprint density at radius 2 is 2.33 bits per heavy atom. The van der Waals surface area contributed by atoms with Crippen LogP contribution in [0.4, 0.5) is 10.7 Å². The van der Waals surface area contributed by atoms with Crippen LogP contribution in [0.2, 0.25) is 0 Å². The van der Waals surface area contributed by atoms with Gasteiger partial charge in [-0.2, -0.15) is 0 Å². The first-order valence-corrected chi connectivity index (χ1v) is 6.36. The van der Waals surface area contributed by atoms with Crippen molar-refractivity contribution in [2.45, 2.75) is 6.92 Å². The molecular weight excluding hydrogens is 308 g/mol. The zero-order valence-electron chi connectivity index (χ0n) is 9.89. The molecule has 1 aromatic heterocycles. The second-order valence-electron chi connectivity index (χ2n) is 3.49. The van der Waals surface area contributed by atoms with Crippen molar-refractivity contribution < 1.29 is 23.6 Å². The molecule has 8 nitrogen and oxygen atoms in total. The lowest BCUT2D eigenvalue weighted by Crippen LogP contribution is -2.63. The highest BCUT2D eigenvalue weighted by Gasteiger charge is 2.30. The zero-order valence-corrected chi connectivity index (χ0v) is 11.5. The molecule has 1 aromatic rings. The van der Waals surface area contributed by atoms with Gasteiger partial charge in [0.1, 0.15) is 0 Å². The van der Waals surface area contributed by atoms with Gasteiger partial charge in [0.2, 0.25) is 5.27 Å². The lowest BCUT2D eigenvalue weighted by atomic mass is 10.5. The molecule has 1 amide bonds. The van der Waals surface area contributed by atoms with Gasteiger partial charge in [-0.3, -0.25) is 9.84 Å². The fourth-order valence-corrected chi connectivity index (χ4v) is 1.96. The Kier molecular flexibility index (Phi) is 4.37. The number of carbonyl (C=O) groups is 1. The molecule has 1 aliphatic rings. The molecule has 0 aliphatic carbocycles. The molecule has 2 rings (SSSR count). The monoisotopic (exact) mass is 321 g/mol. The maximum atomic E-state index is 11.3. The van der Waals surface area contributed by atoms with Gasteiger partial charge in [-0.15, -0.1) is 5.01 Å². The van der Waals surface area contributed by atoms with E-state index in [2.05, 4.69) is 26.5 Å². The van der Waals surface area contributed by atoms with Crippen molar-refractivity contribution in [3.8, 4) is 0 Å². The van der Waals surface area contributed by atoms with E-state index in [4.69, 9.17) is 14.0 Å². The number of halogens is 1. The summed E-state index contributed by atoms with van der Waals surface area (Å²) in [4.78, 5) is 12.8. The number of amides is 1. The minimum absolute atomic E-state index is 0.208. The normalized spacial score (nSPS) is 15.6. The molecule has 1 fully saturated rings. The van der Waals surface area contributed by atoms with Crippen LogP contribution in [0.1, 0.15) is 6.92 Å². The van der Waals surface area contributed by atoms with E-state index in [0.29, 0.717) is 37.5 Å². The summed E-state index contributed by atoms with van der Waals surface area (Å²) in [6.07, 6.45) is -0.580. The molecule has 0 aromatic carbocycles. The van der Waals surface area contributed by atoms with E-state index in [1.54, 1.807) is 11.7 Å². The Morgan fingerprint density at radius 1 is 1.61 bits per heavy atom. The van der Waals surface area contributed by atoms with Gasteiger partial charge < -0.3 is 9.47 Å². The molecule has 100 valence electrons. The first kappa shape index (κ1) is 13.1. The first-order chi connectivity index (χ1) is 8.72. The van der Waals surface area contributed by atoms with Crippen molar-refractivity contribution in [1.82, 2.24) is 5.27 Å². The minimum atomic E-state index is -0.580. The van der Waals surface area contributed by atoms with Crippen LogP contribution in [0.25, 0.3) is 0 Å². The number of aromatic nitrogens is 2. The van der Waals surface area contributed by atoms with Gasteiger partial charge >= 0.3 is 16.6 Å². The van der Waals surface area contributed by atoms with Crippen molar-refractivity contribution in [2.75, 3.05) is 43.2 Å². The van der Waals surface area contributed by atoms with Crippen LogP contribution in [0.3, 0.4) is 0 Å². The topological polar surface area (TPSA) is 80.7 Å². The average Bonchev–Trinajstić information content (AvgIpc) is 2.72. The lowest BCUT2D eigenvalue weighted by molar-refractivity contribution is -0.768. The molecule has 9 heteroatoms. The first-order valence-electron chi connectivity index (χ1n) is 5.56. The summed E-state index contributed by atoms with van der Waals surface area (Å²) in [6, 6.07) is 0. The quantitative estimate of drug-likeness (QED) is 0.804. The molecular formula is C9H14BrN4O4+. The molecule has 18 heavy (non-hydrogen) atoms. The van der Waals surface area contributed by atoms with Crippen LogP contribution in [-0.2, 0) is 9.47 Å². The molecule has 0 spiro atoms. The Bertz CT molecular complexity index is 419. The van der Waals surface area contributed by atoms with Gasteiger partial charge in [0.05, 0.1) is 37.7 Å². The van der Waals surface area contributed by atoms with Gasteiger partial charge in [-0.1, -0.05) is 0 Å². The van der Waals surface area contributed by atoms with Crippen LogP contribution in [-0.4, -0.2) is 44.3 Å². The van der Waals surface area contributed by atoms with E-state index in [1.165, 1.54) is 0 Å².